The van der Waals surface area contributed by atoms with Crippen LogP contribution >= 0.6 is 0 Å². The van der Waals surface area contributed by atoms with Crippen molar-refractivity contribution in [3.05, 3.63) is 52.4 Å². The third-order valence-electron chi connectivity index (χ3n) is 5.12. The minimum atomic E-state index is -0.831. The van der Waals surface area contributed by atoms with E-state index in [0.717, 1.165) is 29.8 Å². The average molecular weight is 408 g/mol. The van der Waals surface area contributed by atoms with Gasteiger partial charge in [-0.15, -0.1) is 0 Å². The van der Waals surface area contributed by atoms with E-state index in [1.807, 2.05) is 26.0 Å². The molecule has 0 N–H and O–H groups in total. The molecule has 0 amide bonds. The lowest BCUT2D eigenvalue weighted by molar-refractivity contribution is -0.137. The van der Waals surface area contributed by atoms with Crippen molar-refractivity contribution in [2.24, 2.45) is 0 Å². The third-order valence-corrected chi connectivity index (χ3v) is 5.12. The Morgan fingerprint density at radius 2 is 1.87 bits per heavy atom. The highest BCUT2D eigenvalue weighted by Crippen LogP contribution is 2.38. The number of aromatic nitrogens is 1. The van der Waals surface area contributed by atoms with Crippen molar-refractivity contribution >= 4 is 17.8 Å². The lowest BCUT2D eigenvalue weighted by atomic mass is 10.1. The molecule has 3 rings (SSSR count). The predicted octanol–water partition coefficient (Wildman–Crippen LogP) is 3.79. The van der Waals surface area contributed by atoms with Gasteiger partial charge in [-0.25, -0.2) is 4.79 Å². The van der Waals surface area contributed by atoms with E-state index in [1.54, 1.807) is 12.1 Å². The van der Waals surface area contributed by atoms with Gasteiger partial charge in [-0.3, -0.25) is 4.79 Å². The summed E-state index contributed by atoms with van der Waals surface area (Å²) in [6, 6.07) is 9.01. The third kappa shape index (κ3) is 4.38. The van der Waals surface area contributed by atoms with Crippen molar-refractivity contribution in [1.82, 2.24) is 4.57 Å². The maximum Gasteiger partial charge on any atom is 0.349 e. The Labute approximate surface area is 175 Å². The van der Waals surface area contributed by atoms with Gasteiger partial charge in [0.25, 0.3) is 0 Å². The number of carbonyl (C=O) groups is 2. The van der Waals surface area contributed by atoms with Crippen LogP contribution in [0.25, 0.3) is 6.08 Å². The molecule has 7 heteroatoms. The van der Waals surface area contributed by atoms with E-state index >= 15 is 0 Å². The lowest BCUT2D eigenvalue weighted by Crippen LogP contribution is -2.15. The number of nitrogens with zero attached hydrogens (tertiary/aromatic N) is 2. The number of carbonyl (C=O) groups excluding carboxylic acids is 2. The Balaban J connectivity index is 1.70. The predicted molar refractivity (Wildman–Crippen MR) is 111 cm³/mol. The van der Waals surface area contributed by atoms with Crippen LogP contribution in [0.4, 0.5) is 0 Å². The fourth-order valence-corrected chi connectivity index (χ4v) is 3.44. The van der Waals surface area contributed by atoms with Crippen molar-refractivity contribution in [1.29, 1.82) is 5.26 Å². The first-order chi connectivity index (χ1) is 14.4. The summed E-state index contributed by atoms with van der Waals surface area (Å²) in [7, 11) is 2.97. The zero-order valence-corrected chi connectivity index (χ0v) is 17.5. The first kappa shape index (κ1) is 21.2. The highest BCUT2D eigenvalue weighted by molar-refractivity contribution is 6.02. The van der Waals surface area contributed by atoms with E-state index in [1.165, 1.54) is 26.4 Å². The van der Waals surface area contributed by atoms with Crippen LogP contribution in [0.15, 0.2) is 29.8 Å². The molecule has 0 atom stereocenters. The number of hydrogen-bond acceptors (Lipinski definition) is 6. The van der Waals surface area contributed by atoms with Crippen molar-refractivity contribution in [3.63, 3.8) is 0 Å². The Morgan fingerprint density at radius 3 is 2.47 bits per heavy atom. The van der Waals surface area contributed by atoms with Crippen molar-refractivity contribution in [2.75, 3.05) is 20.8 Å². The Bertz CT molecular complexity index is 1050. The number of nitriles is 1. The molecule has 1 heterocycles. The van der Waals surface area contributed by atoms with Crippen LogP contribution in [-0.4, -0.2) is 37.1 Å². The molecule has 0 bridgehead atoms. The van der Waals surface area contributed by atoms with E-state index in [4.69, 9.17) is 14.2 Å². The molecule has 1 aliphatic carbocycles. The van der Waals surface area contributed by atoms with Gasteiger partial charge in [0.2, 0.25) is 0 Å². The fourth-order valence-electron chi connectivity index (χ4n) is 3.44. The van der Waals surface area contributed by atoms with Crippen LogP contribution < -0.4 is 9.47 Å². The van der Waals surface area contributed by atoms with Crippen LogP contribution in [0.3, 0.4) is 0 Å². The summed E-state index contributed by atoms with van der Waals surface area (Å²) in [6.45, 7) is 3.50. The summed E-state index contributed by atoms with van der Waals surface area (Å²) in [6.07, 6.45) is 3.81. The van der Waals surface area contributed by atoms with Gasteiger partial charge in [-0.1, -0.05) is 0 Å². The number of methoxy groups -OCH3 is 2. The molecule has 1 aliphatic rings. The zero-order chi connectivity index (χ0) is 21.8. The maximum atomic E-state index is 12.4. The molecule has 2 aromatic rings. The zero-order valence-electron chi connectivity index (χ0n) is 17.5. The van der Waals surface area contributed by atoms with E-state index in [-0.39, 0.29) is 5.57 Å². The Morgan fingerprint density at radius 1 is 1.17 bits per heavy atom. The molecule has 0 saturated heterocycles. The normalized spacial score (nSPS) is 13.5. The molecule has 30 heavy (non-hydrogen) atoms. The number of hydrogen-bond donors (Lipinski definition) is 0. The molecular formula is C23H24N2O5. The van der Waals surface area contributed by atoms with E-state index in [0.29, 0.717) is 23.1 Å². The minimum absolute atomic E-state index is 0.147. The highest BCUT2D eigenvalue weighted by atomic mass is 16.5. The topological polar surface area (TPSA) is 90.5 Å². The van der Waals surface area contributed by atoms with Crippen molar-refractivity contribution < 1.29 is 23.8 Å². The summed E-state index contributed by atoms with van der Waals surface area (Å²) in [5.74, 6) is -0.348. The summed E-state index contributed by atoms with van der Waals surface area (Å²) in [5, 5.41) is 9.41. The highest BCUT2D eigenvalue weighted by Gasteiger charge is 2.27. The number of Topliss-reactive ketones (excluding diaryl/α,β-unsaturated/α-hetero) is 1. The quantitative estimate of drug-likeness (QED) is 0.286. The maximum absolute atomic E-state index is 12.4. The molecule has 0 unspecified atom stereocenters. The largest absolute Gasteiger partial charge is 0.493 e. The smallest absolute Gasteiger partial charge is 0.349 e. The summed E-state index contributed by atoms with van der Waals surface area (Å²) >= 11 is 0. The van der Waals surface area contributed by atoms with Crippen molar-refractivity contribution in [2.45, 2.75) is 32.7 Å². The second-order valence-corrected chi connectivity index (χ2v) is 7.17. The number of rotatable bonds is 8. The first-order valence-electron chi connectivity index (χ1n) is 9.62. The molecule has 1 aromatic heterocycles. The summed E-state index contributed by atoms with van der Waals surface area (Å²) < 4.78 is 17.6. The molecule has 0 aliphatic heterocycles. The van der Waals surface area contributed by atoms with Crippen LogP contribution in [0, 0.1) is 25.2 Å². The SMILES string of the molecule is COc1ccc(C(=O)COC(=O)/C(C#N)=C/c2cc(C)n(C3CC3)c2C)cc1OC. The van der Waals surface area contributed by atoms with Crippen LogP contribution in [0.5, 0.6) is 11.5 Å². The molecule has 1 fully saturated rings. The molecule has 1 aromatic carbocycles. The second-order valence-electron chi connectivity index (χ2n) is 7.17. The van der Waals surface area contributed by atoms with Gasteiger partial charge in [0.05, 0.1) is 14.2 Å². The fraction of sp³-hybridized carbons (Fsp3) is 0.348. The van der Waals surface area contributed by atoms with Gasteiger partial charge >= 0.3 is 5.97 Å². The molecular weight excluding hydrogens is 384 g/mol. The molecule has 0 spiro atoms. The van der Waals surface area contributed by atoms with Crippen LogP contribution in [0.1, 0.15) is 46.2 Å². The number of benzene rings is 1. The number of esters is 1. The van der Waals surface area contributed by atoms with Gasteiger partial charge in [0, 0.05) is 23.0 Å². The van der Waals surface area contributed by atoms with Crippen LogP contribution in [0.2, 0.25) is 0 Å². The van der Waals surface area contributed by atoms with Gasteiger partial charge < -0.3 is 18.8 Å². The molecule has 1 saturated carbocycles. The lowest BCUT2D eigenvalue weighted by Gasteiger charge is -2.09. The standard InChI is InChI=1S/C23H24N2O5/c1-14-9-17(15(2)25(14)19-6-7-19)10-18(12-24)23(27)30-13-20(26)16-5-8-21(28-3)22(11-16)29-4/h5,8-11,19H,6-7,13H2,1-4H3/b18-10+. The van der Waals surface area contributed by atoms with E-state index < -0.39 is 18.4 Å². The second kappa shape index (κ2) is 8.87. The Hall–Kier alpha value is -3.53. The van der Waals surface area contributed by atoms with E-state index in [9.17, 15) is 14.9 Å². The minimum Gasteiger partial charge on any atom is -0.493 e. The molecule has 156 valence electrons. The average Bonchev–Trinajstić information content (AvgIpc) is 3.54. The van der Waals surface area contributed by atoms with Gasteiger partial charge in [0.15, 0.2) is 23.9 Å². The van der Waals surface area contributed by atoms with E-state index in [2.05, 4.69) is 4.57 Å². The molecule has 0 radical (unpaired) electrons. The first-order valence-corrected chi connectivity index (χ1v) is 9.62. The van der Waals surface area contributed by atoms with Gasteiger partial charge in [0.1, 0.15) is 11.6 Å². The Kier molecular flexibility index (Phi) is 6.26. The number of aryl methyl sites for hydroxylation is 1. The van der Waals surface area contributed by atoms with Crippen LogP contribution in [-0.2, 0) is 9.53 Å². The number of ketones is 1. The van der Waals surface area contributed by atoms with Crippen molar-refractivity contribution in [3.8, 4) is 17.6 Å². The number of ether oxygens (including phenoxy) is 3. The summed E-state index contributed by atoms with van der Waals surface area (Å²) in [5.41, 5.74) is 3.08. The monoisotopic (exact) mass is 408 g/mol. The summed E-state index contributed by atoms with van der Waals surface area (Å²) in [4.78, 5) is 24.8. The van der Waals surface area contributed by atoms with Gasteiger partial charge in [-0.2, -0.15) is 5.26 Å². The van der Waals surface area contributed by atoms with Gasteiger partial charge in [-0.05, 0) is 62.6 Å². The molecule has 7 nitrogen and oxygen atoms in total.